The molecule has 2 unspecified atom stereocenters. The predicted molar refractivity (Wildman–Crippen MR) is 111 cm³/mol. The Morgan fingerprint density at radius 2 is 1.82 bits per heavy atom. The molecule has 1 saturated heterocycles. The summed E-state index contributed by atoms with van der Waals surface area (Å²) in [4.78, 5) is 27.2. The summed E-state index contributed by atoms with van der Waals surface area (Å²) < 4.78 is 0. The van der Waals surface area contributed by atoms with E-state index in [0.717, 1.165) is 50.9 Å². The third-order valence-electron chi connectivity index (χ3n) is 6.17. The maximum Gasteiger partial charge on any atom is 0.251 e. The lowest BCUT2D eigenvalue weighted by atomic mass is 9.74. The van der Waals surface area contributed by atoms with Crippen LogP contribution in [0.25, 0.3) is 0 Å². The third-order valence-corrected chi connectivity index (χ3v) is 6.17. The van der Waals surface area contributed by atoms with Gasteiger partial charge in [-0.25, -0.2) is 0 Å². The molecular weight excluding hydrogens is 352 g/mol. The van der Waals surface area contributed by atoms with Crippen LogP contribution in [0.15, 0.2) is 24.3 Å². The first-order valence-electron chi connectivity index (χ1n) is 10.6. The van der Waals surface area contributed by atoms with Crippen LogP contribution in [0.1, 0.15) is 61.4 Å². The second-order valence-corrected chi connectivity index (χ2v) is 8.52. The van der Waals surface area contributed by atoms with E-state index in [1.54, 1.807) is 0 Å². The molecule has 2 amide bonds. The van der Waals surface area contributed by atoms with E-state index in [-0.39, 0.29) is 17.7 Å². The number of amides is 2. The summed E-state index contributed by atoms with van der Waals surface area (Å²) in [7, 11) is 0. The average molecular weight is 387 g/mol. The lowest BCUT2D eigenvalue weighted by molar-refractivity contribution is -0.128. The van der Waals surface area contributed by atoms with Crippen LogP contribution in [0.3, 0.4) is 0 Å². The molecule has 6 heteroatoms. The van der Waals surface area contributed by atoms with Gasteiger partial charge >= 0.3 is 0 Å². The maximum atomic E-state index is 12.5. The van der Waals surface area contributed by atoms with E-state index in [9.17, 15) is 9.59 Å². The number of nitrogens with two attached hydrogens (primary N) is 1. The van der Waals surface area contributed by atoms with Gasteiger partial charge in [-0.1, -0.05) is 25.0 Å². The van der Waals surface area contributed by atoms with Crippen molar-refractivity contribution in [3.63, 3.8) is 0 Å². The molecule has 0 spiro atoms. The van der Waals surface area contributed by atoms with Crippen LogP contribution in [-0.2, 0) is 11.3 Å². The first-order chi connectivity index (χ1) is 13.5. The highest BCUT2D eigenvalue weighted by Crippen LogP contribution is 2.31. The zero-order valence-electron chi connectivity index (χ0n) is 17.0. The van der Waals surface area contributed by atoms with Gasteiger partial charge in [-0.05, 0) is 63.4 Å². The Morgan fingerprint density at radius 3 is 2.50 bits per heavy atom. The lowest BCUT2D eigenvalue weighted by Crippen LogP contribution is -2.52. The van der Waals surface area contributed by atoms with Crippen molar-refractivity contribution in [2.75, 3.05) is 26.2 Å². The summed E-state index contributed by atoms with van der Waals surface area (Å²) in [6.45, 7) is 6.31. The van der Waals surface area contributed by atoms with Crippen molar-refractivity contribution in [1.29, 1.82) is 0 Å². The summed E-state index contributed by atoms with van der Waals surface area (Å²) in [6.07, 6.45) is 6.43. The van der Waals surface area contributed by atoms with Gasteiger partial charge in [0.05, 0.1) is 5.92 Å². The monoisotopic (exact) mass is 386 g/mol. The number of carbonyl (C=O) groups is 2. The van der Waals surface area contributed by atoms with Gasteiger partial charge in [-0.2, -0.15) is 0 Å². The molecule has 1 saturated carbocycles. The van der Waals surface area contributed by atoms with Gasteiger partial charge in [0.2, 0.25) is 5.91 Å². The SMILES string of the molecule is CC1(N)CCCCC1C(=O)NCc1ccc(C(=O)NCCN2CCCC2)cc1. The van der Waals surface area contributed by atoms with Gasteiger partial charge < -0.3 is 21.3 Å². The van der Waals surface area contributed by atoms with Crippen LogP contribution in [0.2, 0.25) is 0 Å². The molecule has 28 heavy (non-hydrogen) atoms. The maximum absolute atomic E-state index is 12.5. The first-order valence-corrected chi connectivity index (χ1v) is 10.6. The standard InChI is InChI=1S/C22H34N4O2/c1-22(23)11-3-2-6-19(22)21(28)25-16-17-7-9-18(10-8-17)20(27)24-12-15-26-13-4-5-14-26/h7-10,19H,2-6,11-16,23H2,1H3,(H,24,27)(H,25,28). The van der Waals surface area contributed by atoms with Gasteiger partial charge in [-0.15, -0.1) is 0 Å². The Hall–Kier alpha value is -1.92. The molecular formula is C22H34N4O2. The second kappa shape index (κ2) is 9.52. The molecule has 1 aromatic rings. The number of likely N-dealkylation sites (tertiary alicyclic amines) is 1. The summed E-state index contributed by atoms with van der Waals surface area (Å²) in [5.74, 6) is -0.133. The van der Waals surface area contributed by atoms with Crippen LogP contribution in [0, 0.1) is 5.92 Å². The fourth-order valence-corrected chi connectivity index (χ4v) is 4.31. The topological polar surface area (TPSA) is 87.5 Å². The molecule has 4 N–H and O–H groups in total. The van der Waals surface area contributed by atoms with Crippen molar-refractivity contribution < 1.29 is 9.59 Å². The highest BCUT2D eigenvalue weighted by Gasteiger charge is 2.37. The minimum Gasteiger partial charge on any atom is -0.352 e. The highest BCUT2D eigenvalue weighted by molar-refractivity contribution is 5.94. The van der Waals surface area contributed by atoms with E-state index in [4.69, 9.17) is 5.73 Å². The molecule has 6 nitrogen and oxygen atoms in total. The van der Waals surface area contributed by atoms with Gasteiger partial charge in [0.15, 0.2) is 0 Å². The Labute approximate surface area is 168 Å². The zero-order valence-corrected chi connectivity index (χ0v) is 17.0. The van der Waals surface area contributed by atoms with E-state index < -0.39 is 5.54 Å². The second-order valence-electron chi connectivity index (χ2n) is 8.52. The highest BCUT2D eigenvalue weighted by atomic mass is 16.2. The Morgan fingerprint density at radius 1 is 1.11 bits per heavy atom. The van der Waals surface area contributed by atoms with Gasteiger partial charge in [0.25, 0.3) is 5.91 Å². The van der Waals surface area contributed by atoms with Crippen LogP contribution in [0.4, 0.5) is 0 Å². The number of nitrogens with zero attached hydrogens (tertiary/aromatic N) is 1. The molecule has 1 heterocycles. The quantitative estimate of drug-likeness (QED) is 0.669. The van der Waals surface area contributed by atoms with Crippen LogP contribution in [0.5, 0.6) is 0 Å². The fraction of sp³-hybridized carbons (Fsp3) is 0.636. The molecule has 1 aliphatic heterocycles. The lowest BCUT2D eigenvalue weighted by Gasteiger charge is -2.37. The minimum atomic E-state index is -0.417. The van der Waals surface area contributed by atoms with Crippen LogP contribution >= 0.6 is 0 Å². The Bertz CT molecular complexity index is 666. The van der Waals surface area contributed by atoms with Crippen molar-refractivity contribution in [2.24, 2.45) is 11.7 Å². The summed E-state index contributed by atoms with van der Waals surface area (Å²) in [5, 5.41) is 6.00. The van der Waals surface area contributed by atoms with Crippen molar-refractivity contribution in [3.8, 4) is 0 Å². The zero-order chi connectivity index (χ0) is 20.0. The van der Waals surface area contributed by atoms with Crippen LogP contribution < -0.4 is 16.4 Å². The average Bonchev–Trinajstić information content (AvgIpc) is 3.19. The fourth-order valence-electron chi connectivity index (χ4n) is 4.31. The summed E-state index contributed by atoms with van der Waals surface area (Å²) >= 11 is 0. The van der Waals surface area contributed by atoms with E-state index in [2.05, 4.69) is 15.5 Å². The molecule has 3 rings (SSSR count). The Balaban J connectivity index is 1.43. The van der Waals surface area contributed by atoms with Gasteiger partial charge in [0.1, 0.15) is 0 Å². The number of hydrogen-bond acceptors (Lipinski definition) is 4. The summed E-state index contributed by atoms with van der Waals surface area (Å²) in [6, 6.07) is 7.44. The van der Waals surface area contributed by atoms with Gasteiger partial charge in [-0.3, -0.25) is 9.59 Å². The molecule has 2 aliphatic rings. The molecule has 1 aromatic carbocycles. The summed E-state index contributed by atoms with van der Waals surface area (Å²) in [5.41, 5.74) is 7.53. The first kappa shape index (κ1) is 20.8. The molecule has 154 valence electrons. The van der Waals surface area contributed by atoms with E-state index in [0.29, 0.717) is 18.7 Å². The predicted octanol–water partition coefficient (Wildman–Crippen LogP) is 2.04. The number of carbonyl (C=O) groups excluding carboxylic acids is 2. The third kappa shape index (κ3) is 5.55. The molecule has 1 aliphatic carbocycles. The molecule has 0 bridgehead atoms. The number of benzene rings is 1. The molecule has 0 radical (unpaired) electrons. The van der Waals surface area contributed by atoms with Crippen LogP contribution in [-0.4, -0.2) is 48.4 Å². The minimum absolute atomic E-state index is 0.0356. The van der Waals surface area contributed by atoms with E-state index in [1.807, 2.05) is 31.2 Å². The molecule has 2 atom stereocenters. The molecule has 0 aromatic heterocycles. The normalized spacial score (nSPS) is 25.4. The number of nitrogens with one attached hydrogen (secondary N) is 2. The van der Waals surface area contributed by atoms with Crippen molar-refractivity contribution >= 4 is 11.8 Å². The van der Waals surface area contributed by atoms with Gasteiger partial charge in [0, 0.05) is 30.7 Å². The number of rotatable bonds is 7. The van der Waals surface area contributed by atoms with Crippen molar-refractivity contribution in [2.45, 2.75) is 57.5 Å². The Kier molecular flexibility index (Phi) is 7.08. The van der Waals surface area contributed by atoms with Crippen molar-refractivity contribution in [1.82, 2.24) is 15.5 Å². The smallest absolute Gasteiger partial charge is 0.251 e. The van der Waals surface area contributed by atoms with E-state index in [1.165, 1.54) is 12.8 Å². The van der Waals surface area contributed by atoms with Crippen molar-refractivity contribution in [3.05, 3.63) is 35.4 Å². The van der Waals surface area contributed by atoms with E-state index >= 15 is 0 Å². The molecule has 2 fully saturated rings. The largest absolute Gasteiger partial charge is 0.352 e. The number of hydrogen-bond donors (Lipinski definition) is 3.